The summed E-state index contributed by atoms with van der Waals surface area (Å²) in [6.07, 6.45) is 0. The van der Waals surface area contributed by atoms with Gasteiger partial charge >= 0.3 is 0 Å². The zero-order valence-corrected chi connectivity index (χ0v) is 98.2. The summed E-state index contributed by atoms with van der Waals surface area (Å²) >= 11 is 14.1. The minimum Gasteiger partial charge on any atom is -0.0988 e. The molecule has 0 heterocycles. The molecule has 0 atom stereocenters. The lowest BCUT2D eigenvalue weighted by molar-refractivity contribution is 5.59. The molecule has 0 aliphatic carbocycles. The van der Waals surface area contributed by atoms with E-state index in [1.165, 1.54) is 9.83 Å². The summed E-state index contributed by atoms with van der Waals surface area (Å²) in [6.45, 7) is 0. The number of rotatable bonds is 76. The van der Waals surface area contributed by atoms with Crippen molar-refractivity contribution < 1.29 is 0 Å². The molecule has 0 fully saturated rings. The molecule has 0 N–H and O–H groups in total. The molecule has 0 spiro atoms. The molecule has 0 saturated heterocycles. The molecule has 0 amide bonds. The van der Waals surface area contributed by atoms with E-state index in [-0.39, 0.29) is 0 Å². The molecule has 0 aliphatic rings. The smallest absolute Gasteiger partial charge is 0 e. The summed E-state index contributed by atoms with van der Waals surface area (Å²) < 4.78 is 0. The van der Waals surface area contributed by atoms with Crippen LogP contribution in [-0.2, 0) is 29.4 Å². The maximum atomic E-state index is 5.02. The van der Waals surface area contributed by atoms with E-state index in [1.54, 1.807) is 128 Å². The Hall–Kier alpha value is 27.7. The summed E-state index contributed by atoms with van der Waals surface area (Å²) in [6, 6.07) is 0. The fourth-order valence-corrected chi connectivity index (χ4v) is 210. The predicted molar refractivity (Wildman–Crippen MR) is 609 cm³/mol. The number of hydrogen-bond donors (Lipinski definition) is 2. The van der Waals surface area contributed by atoms with Crippen molar-refractivity contribution in [3.63, 3.8) is 0 Å². The zero-order chi connectivity index (χ0) is 57.3. The fraction of sp³-hybridized carbons (Fsp3) is 0. The largest absolute Gasteiger partial charge is 0.0988 e. The van der Waals surface area contributed by atoms with Crippen molar-refractivity contribution in [1.82, 2.24) is 0 Å². The maximum absolute atomic E-state index is 5.02. The minimum absolute atomic E-state index is 0.702. The molecule has 0 radical (unpaired) electrons. The monoisotopic (exact) mass is 2560 g/mol. The summed E-state index contributed by atoms with van der Waals surface area (Å²) in [5, 5.41) is 0. The van der Waals surface area contributed by atoms with Gasteiger partial charge in [0, 0.05) is 590 Å². The molecule has 482 valence electrons. The highest BCUT2D eigenvalue weighted by molar-refractivity contribution is 9.66. The van der Waals surface area contributed by atoms with Gasteiger partial charge in [-0.05, 0) is 187 Å². The number of hydrogen-bond acceptors (Lipinski definition) is 79. The van der Waals surface area contributed by atoms with E-state index < -0.39 is 7.05 Å². The highest BCUT2D eigenvalue weighted by Crippen LogP contribution is 2.72. The van der Waals surface area contributed by atoms with Crippen LogP contribution in [0, 0.1) is 0 Å². The van der Waals surface area contributed by atoms with Crippen molar-refractivity contribution in [3.05, 3.63) is 0 Å². The van der Waals surface area contributed by atoms with Gasteiger partial charge < -0.3 is 0 Å². The van der Waals surface area contributed by atoms with Crippen LogP contribution in [0.1, 0.15) is 0 Å². The molecular weight excluding hydrogens is 2570 g/mol. The second kappa shape index (κ2) is 105. The third-order valence-electron chi connectivity index (χ3n) is 2.15. The van der Waals surface area contributed by atoms with E-state index in [9.17, 15) is 0 Å². The van der Waals surface area contributed by atoms with Gasteiger partial charge in [0.15, 0.2) is 0 Å². The highest BCUT2D eigenvalue weighted by atomic mass is 34.1. The van der Waals surface area contributed by atoms with Gasteiger partial charge in [-0.1, -0.05) is 11.7 Å². The first-order valence-electron chi connectivity index (χ1n) is 13.2. The molecule has 0 aromatic rings. The maximum Gasteiger partial charge on any atom is 0 e. The first kappa shape index (κ1) is 108. The molecule has 0 nitrogen and oxygen atoms in total. The van der Waals surface area contributed by atoms with E-state index in [2.05, 4.69) is 11.7 Å². The molecule has 0 aromatic carbocycles. The average Bonchev–Trinajstić information content (AvgIpc) is 3.46. The SMILES string of the molecule is S=[SH](=S)SSSSSSSSSSSSSSSSSSSSSSSSSSSSSSSSSSSSSSSSSSSSSSSSSSSSSSSSSSSSSSSSSSSSSSSSSSSSS. The van der Waals surface area contributed by atoms with Gasteiger partial charge in [-0.2, -0.15) is 0 Å². The van der Waals surface area contributed by atoms with Crippen molar-refractivity contribution in [3.8, 4) is 0 Å². The first-order valence-corrected chi connectivity index (χ1v) is 119. The fourth-order valence-electron chi connectivity index (χ4n) is 0.866. The van der Waals surface area contributed by atoms with E-state index in [0.717, 1.165) is 0 Å². The summed E-state index contributed by atoms with van der Waals surface area (Å²) in [4.78, 5) is 0. The van der Waals surface area contributed by atoms with Crippen molar-refractivity contribution in [1.29, 1.82) is 0 Å². The lowest BCUT2D eigenvalue weighted by atomic mass is 30.1. The van der Waals surface area contributed by atoms with Gasteiger partial charge in [-0.25, -0.2) is 0 Å². The topological polar surface area (TPSA) is 0 Å². The van der Waals surface area contributed by atoms with E-state index >= 15 is 0 Å². The van der Waals surface area contributed by atoms with Crippen molar-refractivity contribution in [2.45, 2.75) is 0 Å². The van der Waals surface area contributed by atoms with Gasteiger partial charge in [0.25, 0.3) is 0 Å². The molecule has 80 heavy (non-hydrogen) atoms. The van der Waals surface area contributed by atoms with Gasteiger partial charge in [0.1, 0.15) is 0 Å². The summed E-state index contributed by atoms with van der Waals surface area (Å²) in [7, 11) is 137. The second-order valence-corrected chi connectivity index (χ2v) is 146. The summed E-state index contributed by atoms with van der Waals surface area (Å²) in [5.41, 5.74) is 0. The molecule has 0 unspecified atom stereocenters. The van der Waals surface area contributed by atoms with Crippen LogP contribution in [0.15, 0.2) is 0 Å². The molecule has 0 saturated carbocycles. The Morgan fingerprint density at radius 1 is 0.125 bits per heavy atom. The van der Waals surface area contributed by atoms with E-state index in [0.29, 0.717) is 0 Å². The Kier molecular flexibility index (Phi) is 141. The van der Waals surface area contributed by atoms with E-state index in [4.69, 9.17) is 22.4 Å². The summed E-state index contributed by atoms with van der Waals surface area (Å²) in [5.74, 6) is 0. The quantitative estimate of drug-likeness (QED) is 0.0337. The van der Waals surface area contributed by atoms with Crippen LogP contribution in [0.25, 0.3) is 0 Å². The van der Waals surface area contributed by atoms with Crippen LogP contribution in [0.4, 0.5) is 0 Å². The Morgan fingerprint density at radius 2 is 0.200 bits per heavy atom. The Labute approximate surface area is 765 Å². The molecule has 0 rings (SSSR count). The molecule has 0 bridgehead atoms. The van der Waals surface area contributed by atoms with Gasteiger partial charge in [0.05, 0.1) is 0 Å². The molecular formula is H2S80. The lowest BCUT2D eigenvalue weighted by Gasteiger charge is -2.00. The van der Waals surface area contributed by atoms with Gasteiger partial charge in [-0.3, -0.25) is 0 Å². The first-order chi connectivity index (χ1) is 39.8. The third-order valence-corrected chi connectivity index (χ3v) is 174. The third kappa shape index (κ3) is 106. The standard InChI is InChI=1S/H2S80/c1-4-5-6-7-8-9-10-11-12-13-14-15-16-17-18-19-20-21-22-23-24-25-26-27-28-29-30-31-32-33-34-35-36-37-38-39-40-41-42-43-44-45-46-47-48-49-50-51-52-53-54-55-56-57-58-59-60-61-62-63-64-65-66-67-68-69-70-71-72-73-74-75-76-77-78-79-80(2)3/h1,80H. The molecule has 80 heteroatoms. The van der Waals surface area contributed by atoms with Gasteiger partial charge in [-0.15, -0.1) is 0 Å². The minimum atomic E-state index is -0.702. The van der Waals surface area contributed by atoms with Crippen LogP contribution in [-0.4, -0.2) is 0 Å². The van der Waals surface area contributed by atoms with Crippen molar-refractivity contribution in [2.75, 3.05) is 0 Å². The second-order valence-electron chi connectivity index (χ2n) is 5.41. The van der Waals surface area contributed by atoms with Crippen LogP contribution < -0.4 is 0 Å². The van der Waals surface area contributed by atoms with Crippen LogP contribution in [0.2, 0.25) is 0 Å². The molecule has 0 aliphatic heterocycles. The lowest BCUT2D eigenvalue weighted by Crippen LogP contribution is -1.44. The van der Waals surface area contributed by atoms with Crippen LogP contribution >= 0.6 is 758 Å². The Bertz CT molecular complexity index is 1090. The average molecular weight is 2570 g/mol. The number of thiol groups is 2. The Morgan fingerprint density at radius 3 is 0.275 bits per heavy atom. The zero-order valence-electron chi connectivity index (χ0n) is 32.7. The van der Waals surface area contributed by atoms with Crippen LogP contribution in [0.3, 0.4) is 0 Å². The van der Waals surface area contributed by atoms with Crippen LogP contribution in [0.5, 0.6) is 0 Å². The normalized spacial score (nSPS) is 11.8. The Balaban J connectivity index is 3.08. The van der Waals surface area contributed by atoms with Crippen molar-refractivity contribution >= 4 is 788 Å². The van der Waals surface area contributed by atoms with E-state index in [1.807, 2.05) is 609 Å². The highest BCUT2D eigenvalue weighted by Gasteiger charge is 2.07. The van der Waals surface area contributed by atoms with Crippen molar-refractivity contribution in [2.24, 2.45) is 0 Å². The molecule has 0 aromatic heterocycles. The van der Waals surface area contributed by atoms with Gasteiger partial charge in [0.2, 0.25) is 0 Å². The predicted octanol–water partition coefficient (Wildman–Crippen LogP) is 49.4.